The van der Waals surface area contributed by atoms with Gasteiger partial charge in [-0.15, -0.1) is 11.3 Å². The normalized spacial score (nSPS) is 18.6. The molecule has 3 N–H and O–H groups in total. The van der Waals surface area contributed by atoms with Crippen molar-refractivity contribution in [2.75, 3.05) is 6.54 Å². The highest BCUT2D eigenvalue weighted by atomic mass is 32.2. The van der Waals surface area contributed by atoms with Crippen LogP contribution in [0.1, 0.15) is 36.6 Å². The van der Waals surface area contributed by atoms with Crippen LogP contribution in [0.5, 0.6) is 0 Å². The Balaban J connectivity index is 2.17. The number of thiophene rings is 1. The second-order valence-electron chi connectivity index (χ2n) is 5.36. The van der Waals surface area contributed by atoms with Crippen molar-refractivity contribution in [2.45, 2.75) is 44.6 Å². The molecule has 1 aromatic heterocycles. The molecule has 6 heteroatoms. The smallest absolute Gasteiger partial charge is 0.242 e. The maximum atomic E-state index is 12.3. The standard InChI is InChI=1S/C12H20N2O2S2/c1-9-7-17-10(6-13)11(9)18(15,16)14-8-12(2)4-3-5-12/h7,14H,3-6,8,13H2,1-2H3. The lowest BCUT2D eigenvalue weighted by atomic mass is 9.71. The molecule has 18 heavy (non-hydrogen) atoms. The summed E-state index contributed by atoms with van der Waals surface area (Å²) >= 11 is 1.41. The third kappa shape index (κ3) is 2.61. The van der Waals surface area contributed by atoms with Crippen LogP contribution in [-0.4, -0.2) is 15.0 Å². The van der Waals surface area contributed by atoms with Crippen LogP contribution in [0.2, 0.25) is 0 Å². The number of aryl methyl sites for hydroxylation is 1. The first-order chi connectivity index (χ1) is 8.38. The van der Waals surface area contributed by atoms with E-state index in [2.05, 4.69) is 11.6 Å². The summed E-state index contributed by atoms with van der Waals surface area (Å²) in [6.45, 7) is 4.74. The van der Waals surface area contributed by atoms with Gasteiger partial charge in [-0.3, -0.25) is 0 Å². The average molecular weight is 288 g/mol. The van der Waals surface area contributed by atoms with Crippen molar-refractivity contribution < 1.29 is 8.42 Å². The Bertz CT molecular complexity index is 530. The van der Waals surface area contributed by atoms with Gasteiger partial charge in [-0.2, -0.15) is 0 Å². The lowest BCUT2D eigenvalue weighted by molar-refractivity contribution is 0.166. The molecule has 1 heterocycles. The highest BCUT2D eigenvalue weighted by Gasteiger charge is 2.33. The summed E-state index contributed by atoms with van der Waals surface area (Å²) in [4.78, 5) is 1.12. The highest BCUT2D eigenvalue weighted by molar-refractivity contribution is 7.89. The first kappa shape index (κ1) is 14.0. The van der Waals surface area contributed by atoms with E-state index in [0.717, 1.165) is 23.3 Å². The molecule has 0 radical (unpaired) electrons. The average Bonchev–Trinajstić information content (AvgIpc) is 2.66. The fraction of sp³-hybridized carbons (Fsp3) is 0.667. The van der Waals surface area contributed by atoms with E-state index in [4.69, 9.17) is 5.73 Å². The Labute approximate surface area is 113 Å². The van der Waals surface area contributed by atoms with E-state index in [9.17, 15) is 8.42 Å². The number of nitrogens with two attached hydrogens (primary N) is 1. The second-order valence-corrected chi connectivity index (χ2v) is 8.03. The van der Waals surface area contributed by atoms with Gasteiger partial charge in [0.05, 0.1) is 0 Å². The molecule has 4 nitrogen and oxygen atoms in total. The van der Waals surface area contributed by atoms with Gasteiger partial charge >= 0.3 is 0 Å². The van der Waals surface area contributed by atoms with E-state index >= 15 is 0 Å². The van der Waals surface area contributed by atoms with Crippen molar-refractivity contribution in [3.05, 3.63) is 15.8 Å². The first-order valence-corrected chi connectivity index (χ1v) is 8.51. The zero-order valence-corrected chi connectivity index (χ0v) is 12.5. The molecular weight excluding hydrogens is 268 g/mol. The van der Waals surface area contributed by atoms with Crippen LogP contribution < -0.4 is 10.5 Å². The predicted octanol–water partition coefficient (Wildman–Crippen LogP) is 1.98. The van der Waals surface area contributed by atoms with Crippen molar-refractivity contribution in [1.82, 2.24) is 4.72 Å². The minimum atomic E-state index is -3.42. The van der Waals surface area contributed by atoms with Crippen LogP contribution >= 0.6 is 11.3 Å². The summed E-state index contributed by atoms with van der Waals surface area (Å²) in [6.07, 6.45) is 3.40. The van der Waals surface area contributed by atoms with E-state index < -0.39 is 10.0 Å². The van der Waals surface area contributed by atoms with E-state index in [1.165, 1.54) is 17.8 Å². The van der Waals surface area contributed by atoms with Gasteiger partial charge in [0, 0.05) is 18.0 Å². The fourth-order valence-electron chi connectivity index (χ4n) is 2.29. The maximum Gasteiger partial charge on any atom is 0.242 e. The van der Waals surface area contributed by atoms with Crippen LogP contribution in [0.4, 0.5) is 0 Å². The topological polar surface area (TPSA) is 72.2 Å². The minimum absolute atomic E-state index is 0.139. The zero-order valence-electron chi connectivity index (χ0n) is 10.8. The number of rotatable bonds is 5. The predicted molar refractivity (Wildman–Crippen MR) is 74.1 cm³/mol. The Kier molecular flexibility index (Phi) is 3.82. The third-order valence-corrected chi connectivity index (χ3v) is 6.58. The Morgan fingerprint density at radius 2 is 2.17 bits per heavy atom. The van der Waals surface area contributed by atoms with Crippen molar-refractivity contribution >= 4 is 21.4 Å². The molecule has 102 valence electrons. The van der Waals surface area contributed by atoms with Gasteiger partial charge in [0.15, 0.2) is 0 Å². The highest BCUT2D eigenvalue weighted by Crippen LogP contribution is 2.40. The monoisotopic (exact) mass is 288 g/mol. The molecule has 2 rings (SSSR count). The number of nitrogens with one attached hydrogen (secondary N) is 1. The molecule has 0 aliphatic heterocycles. The molecule has 1 saturated carbocycles. The first-order valence-electron chi connectivity index (χ1n) is 6.15. The number of hydrogen-bond acceptors (Lipinski definition) is 4. The Morgan fingerprint density at radius 1 is 1.50 bits per heavy atom. The molecule has 0 aromatic carbocycles. The van der Waals surface area contributed by atoms with Crippen molar-refractivity contribution in [2.24, 2.45) is 11.1 Å². The van der Waals surface area contributed by atoms with Gasteiger partial charge in [0.1, 0.15) is 4.90 Å². The summed E-state index contributed by atoms with van der Waals surface area (Å²) in [5, 5.41) is 1.85. The molecule has 0 saturated heterocycles. The molecule has 1 aromatic rings. The quantitative estimate of drug-likeness (QED) is 0.870. The van der Waals surface area contributed by atoms with Crippen LogP contribution in [0.25, 0.3) is 0 Å². The van der Waals surface area contributed by atoms with E-state index in [-0.39, 0.29) is 12.0 Å². The SMILES string of the molecule is Cc1csc(CN)c1S(=O)(=O)NCC1(C)CCC1. The second kappa shape index (κ2) is 4.92. The third-order valence-electron chi connectivity index (χ3n) is 3.69. The van der Waals surface area contributed by atoms with Gasteiger partial charge in [-0.1, -0.05) is 13.3 Å². The molecule has 0 bridgehead atoms. The fourth-order valence-corrected chi connectivity index (χ4v) is 5.19. The van der Waals surface area contributed by atoms with Crippen LogP contribution in [-0.2, 0) is 16.6 Å². The molecule has 0 amide bonds. The van der Waals surface area contributed by atoms with Crippen LogP contribution in [0.15, 0.2) is 10.3 Å². The number of hydrogen-bond donors (Lipinski definition) is 2. The van der Waals surface area contributed by atoms with Gasteiger partial charge in [-0.25, -0.2) is 13.1 Å². The van der Waals surface area contributed by atoms with Gasteiger partial charge in [0.25, 0.3) is 0 Å². The van der Waals surface area contributed by atoms with Crippen LogP contribution in [0, 0.1) is 12.3 Å². The molecule has 1 aliphatic rings. The zero-order chi connectivity index (χ0) is 13.4. The van der Waals surface area contributed by atoms with Crippen LogP contribution in [0.3, 0.4) is 0 Å². The van der Waals surface area contributed by atoms with Gasteiger partial charge in [0.2, 0.25) is 10.0 Å². The van der Waals surface area contributed by atoms with Crippen molar-refractivity contribution in [3.63, 3.8) is 0 Å². The number of sulfonamides is 1. The Hall–Kier alpha value is -0.430. The lowest BCUT2D eigenvalue weighted by Crippen LogP contribution is -2.40. The van der Waals surface area contributed by atoms with Crippen molar-refractivity contribution in [3.8, 4) is 0 Å². The minimum Gasteiger partial charge on any atom is -0.326 e. The maximum absolute atomic E-state index is 12.3. The van der Waals surface area contributed by atoms with E-state index in [1.807, 2.05) is 12.3 Å². The summed E-state index contributed by atoms with van der Waals surface area (Å²) in [6, 6.07) is 0. The molecule has 0 atom stereocenters. The molecule has 0 spiro atoms. The summed E-state index contributed by atoms with van der Waals surface area (Å²) in [5.74, 6) is 0. The summed E-state index contributed by atoms with van der Waals surface area (Å²) in [7, 11) is -3.42. The molecule has 0 unspecified atom stereocenters. The van der Waals surface area contributed by atoms with E-state index in [0.29, 0.717) is 11.4 Å². The molecule has 1 aliphatic carbocycles. The van der Waals surface area contributed by atoms with Gasteiger partial charge < -0.3 is 5.73 Å². The molecule has 1 fully saturated rings. The lowest BCUT2D eigenvalue weighted by Gasteiger charge is -2.38. The van der Waals surface area contributed by atoms with E-state index in [1.54, 1.807) is 0 Å². The molecular formula is C12H20N2O2S2. The Morgan fingerprint density at radius 3 is 2.67 bits per heavy atom. The summed E-state index contributed by atoms with van der Waals surface area (Å²) < 4.78 is 27.4. The van der Waals surface area contributed by atoms with Gasteiger partial charge in [-0.05, 0) is 36.1 Å². The summed E-state index contributed by atoms with van der Waals surface area (Å²) in [5.41, 5.74) is 6.52. The largest absolute Gasteiger partial charge is 0.326 e. The van der Waals surface area contributed by atoms with Crippen molar-refractivity contribution in [1.29, 1.82) is 0 Å².